The Bertz CT molecular complexity index is 979. The van der Waals surface area contributed by atoms with Crippen LogP contribution in [-0.2, 0) is 0 Å². The first-order valence-corrected chi connectivity index (χ1v) is 9.88. The van der Waals surface area contributed by atoms with Gasteiger partial charge in [-0.2, -0.15) is 0 Å². The summed E-state index contributed by atoms with van der Waals surface area (Å²) >= 11 is 0. The maximum Gasteiger partial charge on any atom is 0.232 e. The van der Waals surface area contributed by atoms with Gasteiger partial charge in [0.25, 0.3) is 0 Å². The van der Waals surface area contributed by atoms with Crippen LogP contribution in [0.3, 0.4) is 0 Å². The first-order chi connectivity index (χ1) is 14.2. The molecule has 4 atom stereocenters. The maximum atomic E-state index is 14.7. The van der Waals surface area contributed by atoms with Crippen molar-refractivity contribution in [3.8, 4) is 28.6 Å². The lowest BCUT2D eigenvalue weighted by atomic mass is 9.84. The maximum absolute atomic E-state index is 14.7. The van der Waals surface area contributed by atoms with Crippen molar-refractivity contribution in [1.29, 1.82) is 0 Å². The van der Waals surface area contributed by atoms with Gasteiger partial charge in [0, 0.05) is 42.5 Å². The molecule has 8 heteroatoms. The summed E-state index contributed by atoms with van der Waals surface area (Å²) in [4.78, 5) is 12.7. The second-order valence-electron chi connectivity index (χ2n) is 7.65. The second-order valence-corrected chi connectivity index (χ2v) is 7.65. The Morgan fingerprint density at radius 3 is 2.90 bits per heavy atom. The van der Waals surface area contributed by atoms with E-state index in [4.69, 9.17) is 4.74 Å². The molecule has 0 spiro atoms. The number of ether oxygens (including phenoxy) is 1. The highest BCUT2D eigenvalue weighted by molar-refractivity contribution is 5.68. The highest BCUT2D eigenvalue weighted by Crippen LogP contribution is 2.32. The molecule has 2 unspecified atom stereocenters. The fourth-order valence-electron chi connectivity index (χ4n) is 4.25. The van der Waals surface area contributed by atoms with Crippen molar-refractivity contribution in [1.82, 2.24) is 24.8 Å². The number of halogens is 1. The number of rotatable bonds is 4. The van der Waals surface area contributed by atoms with Crippen LogP contribution < -0.4 is 10.1 Å². The Morgan fingerprint density at radius 1 is 1.21 bits per heavy atom. The lowest BCUT2D eigenvalue weighted by molar-refractivity contribution is 0.00679. The third-order valence-electron chi connectivity index (χ3n) is 5.73. The molecule has 2 aliphatic heterocycles. The summed E-state index contributed by atoms with van der Waals surface area (Å²) in [5, 5.41) is 13.8. The molecular weight excluding hydrogens is 373 g/mol. The summed E-state index contributed by atoms with van der Waals surface area (Å²) in [5.41, 5.74) is 1.88. The van der Waals surface area contributed by atoms with E-state index in [9.17, 15) is 9.50 Å². The number of aromatic nitrogens is 4. The summed E-state index contributed by atoms with van der Waals surface area (Å²) in [6.45, 7) is 0. The average molecular weight is 395 g/mol. The van der Waals surface area contributed by atoms with Crippen LogP contribution in [-0.4, -0.2) is 49.0 Å². The molecular formula is C21H22FN5O2. The molecule has 0 aliphatic carbocycles. The molecule has 3 aromatic rings. The summed E-state index contributed by atoms with van der Waals surface area (Å²) < 4.78 is 22.3. The van der Waals surface area contributed by atoms with Crippen molar-refractivity contribution in [2.45, 2.75) is 50.0 Å². The van der Waals surface area contributed by atoms with Gasteiger partial charge >= 0.3 is 0 Å². The smallest absolute Gasteiger partial charge is 0.232 e. The van der Waals surface area contributed by atoms with Gasteiger partial charge in [0.1, 0.15) is 11.9 Å². The Labute approximate surface area is 167 Å². The number of nitrogens with one attached hydrogen (secondary N) is 1. The van der Waals surface area contributed by atoms with Crippen molar-refractivity contribution < 1.29 is 14.2 Å². The normalized spacial score (nSPS) is 26.2. The topological polar surface area (TPSA) is 85.1 Å². The van der Waals surface area contributed by atoms with Gasteiger partial charge in [0.2, 0.25) is 5.88 Å². The number of piperidine rings is 2. The van der Waals surface area contributed by atoms with E-state index in [-0.39, 0.29) is 11.8 Å². The minimum atomic E-state index is -1.05. The summed E-state index contributed by atoms with van der Waals surface area (Å²) in [6.07, 6.45) is 10.2. The molecule has 1 aromatic carbocycles. The number of hydrogen-bond acceptors (Lipinski definition) is 6. The number of imidazole rings is 1. The quantitative estimate of drug-likeness (QED) is 0.706. The fourth-order valence-corrected chi connectivity index (χ4v) is 4.25. The predicted molar refractivity (Wildman–Crippen MR) is 105 cm³/mol. The minimum Gasteiger partial charge on any atom is -0.507 e. The van der Waals surface area contributed by atoms with Gasteiger partial charge in [0.05, 0.1) is 30.1 Å². The highest BCUT2D eigenvalue weighted by Gasteiger charge is 2.41. The Balaban J connectivity index is 1.31. The monoisotopic (exact) mass is 395 g/mol. The van der Waals surface area contributed by atoms with Crippen molar-refractivity contribution in [3.05, 3.63) is 49.3 Å². The summed E-state index contributed by atoms with van der Waals surface area (Å²) in [6, 6.07) is 5.46. The number of aromatic hydroxyl groups is 1. The van der Waals surface area contributed by atoms with Crippen LogP contribution in [0, 0.1) is 0 Å². The Morgan fingerprint density at radius 2 is 2.14 bits per heavy atom. The molecule has 2 N–H and O–H groups in total. The molecule has 0 saturated carbocycles. The Hall–Kier alpha value is -3.00. The molecule has 2 aliphatic rings. The predicted octanol–water partition coefficient (Wildman–Crippen LogP) is 3.03. The zero-order valence-corrected chi connectivity index (χ0v) is 15.8. The van der Waals surface area contributed by atoms with E-state index < -0.39 is 12.3 Å². The zero-order chi connectivity index (χ0) is 19.8. The number of alkyl halides is 1. The molecule has 29 heavy (non-hydrogen) atoms. The summed E-state index contributed by atoms with van der Waals surface area (Å²) in [7, 11) is 0. The number of benzene rings is 1. The first kappa shape index (κ1) is 18.1. The number of hydrogen-bond donors (Lipinski definition) is 2. The van der Waals surface area contributed by atoms with E-state index in [1.165, 1.54) is 12.4 Å². The number of nitrogens with zero attached hydrogens (tertiary/aromatic N) is 4. The van der Waals surface area contributed by atoms with Crippen molar-refractivity contribution >= 4 is 0 Å². The number of fused-ring (bicyclic) bond motifs is 2. The molecule has 5 rings (SSSR count). The average Bonchev–Trinajstić information content (AvgIpc) is 3.28. The molecule has 2 fully saturated rings. The number of phenolic OH excluding ortho intramolecular Hbond substituents is 1. The minimum absolute atomic E-state index is 0.0918. The molecule has 2 bridgehead atoms. The Kier molecular flexibility index (Phi) is 4.63. The van der Waals surface area contributed by atoms with Gasteiger partial charge in [-0.1, -0.05) is 6.42 Å². The molecule has 7 nitrogen and oxygen atoms in total. The fraction of sp³-hybridized carbons (Fsp3) is 0.381. The largest absolute Gasteiger partial charge is 0.507 e. The molecule has 2 saturated heterocycles. The number of phenols is 1. The molecule has 150 valence electrons. The highest BCUT2D eigenvalue weighted by atomic mass is 19.1. The van der Waals surface area contributed by atoms with Crippen molar-refractivity contribution in [2.75, 3.05) is 0 Å². The van der Waals surface area contributed by atoms with Crippen LogP contribution in [0.15, 0.2) is 49.3 Å². The van der Waals surface area contributed by atoms with Crippen LogP contribution >= 0.6 is 0 Å². The van der Waals surface area contributed by atoms with Gasteiger partial charge in [-0.3, -0.25) is 0 Å². The van der Waals surface area contributed by atoms with Gasteiger partial charge < -0.3 is 19.7 Å². The van der Waals surface area contributed by atoms with E-state index >= 15 is 0 Å². The van der Waals surface area contributed by atoms with E-state index in [0.29, 0.717) is 29.6 Å². The van der Waals surface area contributed by atoms with Crippen LogP contribution in [0.5, 0.6) is 11.6 Å². The molecule has 0 radical (unpaired) electrons. The van der Waals surface area contributed by atoms with E-state index in [0.717, 1.165) is 24.9 Å². The van der Waals surface area contributed by atoms with Crippen molar-refractivity contribution in [3.63, 3.8) is 0 Å². The van der Waals surface area contributed by atoms with Crippen molar-refractivity contribution in [2.24, 2.45) is 0 Å². The van der Waals surface area contributed by atoms with Gasteiger partial charge in [-0.15, -0.1) is 0 Å². The summed E-state index contributed by atoms with van der Waals surface area (Å²) in [5.74, 6) is 0.394. The molecule has 2 aromatic heterocycles. The molecule has 4 heterocycles. The van der Waals surface area contributed by atoms with E-state index in [2.05, 4.69) is 20.3 Å². The van der Waals surface area contributed by atoms with Gasteiger partial charge in [-0.05, 0) is 25.0 Å². The van der Waals surface area contributed by atoms with Crippen LogP contribution in [0.4, 0.5) is 4.39 Å². The third kappa shape index (κ3) is 3.55. The van der Waals surface area contributed by atoms with Crippen LogP contribution in [0.1, 0.15) is 25.7 Å². The van der Waals surface area contributed by atoms with E-state index in [1.807, 2.05) is 6.07 Å². The second kappa shape index (κ2) is 7.44. The zero-order valence-electron chi connectivity index (χ0n) is 15.8. The van der Waals surface area contributed by atoms with Crippen LogP contribution in [0.25, 0.3) is 16.9 Å². The lowest BCUT2D eigenvalue weighted by Gasteiger charge is -2.42. The van der Waals surface area contributed by atoms with Crippen LogP contribution in [0.2, 0.25) is 0 Å². The standard InChI is InChI=1S/C21H22FN5O2/c22-21-16-3-1-2-13(26-16)8-19(21)29-20-11-24-17(10-25-20)15-5-4-14(9-18(15)28)27-7-6-23-12-27/h4-7,9-13,16,19,21,26,28H,1-3,8H2/t13?,16?,19-,21+/m1/s1. The first-order valence-electron chi connectivity index (χ1n) is 9.88. The van der Waals surface area contributed by atoms with Gasteiger partial charge in [0.15, 0.2) is 6.17 Å². The van der Waals surface area contributed by atoms with E-state index in [1.54, 1.807) is 35.4 Å². The van der Waals surface area contributed by atoms with Gasteiger partial charge in [-0.25, -0.2) is 19.3 Å². The third-order valence-corrected chi connectivity index (χ3v) is 5.73. The SMILES string of the molecule is Oc1cc(-n2ccnc2)ccc1-c1cnc(O[C@@H]2CC3CCCC(N3)[C@@H]2F)cn1. The molecule has 0 amide bonds. The lowest BCUT2D eigenvalue weighted by Crippen LogP contribution is -2.59.